The Morgan fingerprint density at radius 1 is 1.04 bits per heavy atom. The molecule has 1 amide bonds. The smallest absolute Gasteiger partial charge is 0.416 e. The Morgan fingerprint density at radius 3 is 2.19 bits per heavy atom. The van der Waals surface area contributed by atoms with E-state index in [4.69, 9.17) is 4.74 Å². The standard InChI is InChI=1S/C19H18F3NO3/c1-13(24)17(11-14-5-3-2-4-6-14)23-18(25)12-26-16-9-7-15(8-10-16)19(20,21)22/h2-10,17H,11-12H2,1H3,(H,23,25)/t17-/m1/s1. The zero-order chi connectivity index (χ0) is 19.2. The molecular formula is C19H18F3NO3. The zero-order valence-electron chi connectivity index (χ0n) is 14.0. The van der Waals surface area contributed by atoms with Gasteiger partial charge in [0.2, 0.25) is 0 Å². The Morgan fingerprint density at radius 2 is 1.65 bits per heavy atom. The molecule has 26 heavy (non-hydrogen) atoms. The number of amides is 1. The Labute approximate surface area is 149 Å². The first-order valence-electron chi connectivity index (χ1n) is 7.89. The summed E-state index contributed by atoms with van der Waals surface area (Å²) >= 11 is 0. The summed E-state index contributed by atoms with van der Waals surface area (Å²) in [4.78, 5) is 23.7. The molecule has 7 heteroatoms. The summed E-state index contributed by atoms with van der Waals surface area (Å²) in [6.07, 6.45) is -4.08. The van der Waals surface area contributed by atoms with Gasteiger partial charge in [-0.1, -0.05) is 30.3 Å². The number of benzene rings is 2. The lowest BCUT2D eigenvalue weighted by molar-refractivity contribution is -0.137. The fourth-order valence-corrected chi connectivity index (χ4v) is 2.27. The fraction of sp³-hybridized carbons (Fsp3) is 0.263. The van der Waals surface area contributed by atoms with E-state index in [2.05, 4.69) is 5.32 Å². The Bertz CT molecular complexity index is 743. The fourth-order valence-electron chi connectivity index (χ4n) is 2.27. The summed E-state index contributed by atoms with van der Waals surface area (Å²) in [6.45, 7) is 0.981. The topological polar surface area (TPSA) is 55.4 Å². The molecule has 0 heterocycles. The highest BCUT2D eigenvalue weighted by molar-refractivity contribution is 5.88. The van der Waals surface area contributed by atoms with Crippen LogP contribution in [-0.4, -0.2) is 24.3 Å². The third kappa shape index (κ3) is 5.91. The first kappa shape index (κ1) is 19.5. The van der Waals surface area contributed by atoms with Crippen molar-refractivity contribution in [3.05, 3.63) is 65.7 Å². The van der Waals surface area contributed by atoms with Crippen LogP contribution in [0, 0.1) is 0 Å². The SMILES string of the molecule is CC(=O)[C@@H](Cc1ccccc1)NC(=O)COc1ccc(C(F)(F)F)cc1. The molecule has 138 valence electrons. The van der Waals surface area contributed by atoms with Gasteiger partial charge in [0.05, 0.1) is 11.6 Å². The average molecular weight is 365 g/mol. The molecule has 0 aliphatic carbocycles. The van der Waals surface area contributed by atoms with Crippen LogP contribution in [0.3, 0.4) is 0 Å². The van der Waals surface area contributed by atoms with Gasteiger partial charge in [0.15, 0.2) is 12.4 Å². The van der Waals surface area contributed by atoms with Crippen molar-refractivity contribution in [3.8, 4) is 5.75 Å². The molecule has 0 aromatic heterocycles. The zero-order valence-corrected chi connectivity index (χ0v) is 14.0. The highest BCUT2D eigenvalue weighted by atomic mass is 19.4. The lowest BCUT2D eigenvalue weighted by Crippen LogP contribution is -2.43. The molecule has 0 spiro atoms. The van der Waals surface area contributed by atoms with Crippen LogP contribution in [0.5, 0.6) is 5.75 Å². The quantitative estimate of drug-likeness (QED) is 0.818. The van der Waals surface area contributed by atoms with Crippen LogP contribution in [0.4, 0.5) is 13.2 Å². The van der Waals surface area contributed by atoms with Crippen molar-refractivity contribution in [2.75, 3.05) is 6.61 Å². The summed E-state index contributed by atoms with van der Waals surface area (Å²) in [5, 5.41) is 2.58. The van der Waals surface area contributed by atoms with Crippen LogP contribution in [0.25, 0.3) is 0 Å². The van der Waals surface area contributed by atoms with Crippen LogP contribution in [-0.2, 0) is 22.2 Å². The van der Waals surface area contributed by atoms with E-state index < -0.39 is 30.3 Å². The molecule has 1 N–H and O–H groups in total. The lowest BCUT2D eigenvalue weighted by atomic mass is 10.0. The Hall–Kier alpha value is -2.83. The third-order valence-electron chi connectivity index (χ3n) is 3.66. The number of carbonyl (C=O) groups excluding carboxylic acids is 2. The second-order valence-electron chi connectivity index (χ2n) is 5.73. The van der Waals surface area contributed by atoms with Gasteiger partial charge in [-0.15, -0.1) is 0 Å². The maximum absolute atomic E-state index is 12.5. The van der Waals surface area contributed by atoms with Crippen molar-refractivity contribution < 1.29 is 27.5 Å². The second kappa shape index (κ2) is 8.51. The van der Waals surface area contributed by atoms with E-state index in [1.165, 1.54) is 6.92 Å². The van der Waals surface area contributed by atoms with Crippen molar-refractivity contribution in [2.24, 2.45) is 0 Å². The number of ketones is 1. The predicted molar refractivity (Wildman–Crippen MR) is 89.7 cm³/mol. The maximum Gasteiger partial charge on any atom is 0.416 e. The van der Waals surface area contributed by atoms with E-state index in [1.54, 1.807) is 0 Å². The van der Waals surface area contributed by atoms with Gasteiger partial charge in [-0.2, -0.15) is 13.2 Å². The molecule has 2 rings (SSSR count). The van der Waals surface area contributed by atoms with Crippen molar-refractivity contribution in [1.29, 1.82) is 0 Å². The molecular weight excluding hydrogens is 347 g/mol. The number of alkyl halides is 3. The minimum atomic E-state index is -4.43. The van der Waals surface area contributed by atoms with E-state index in [-0.39, 0.29) is 11.5 Å². The minimum absolute atomic E-state index is 0.135. The molecule has 0 aliphatic rings. The van der Waals surface area contributed by atoms with Gasteiger partial charge in [0.25, 0.3) is 5.91 Å². The average Bonchev–Trinajstić information content (AvgIpc) is 2.60. The van der Waals surface area contributed by atoms with Crippen molar-refractivity contribution in [2.45, 2.75) is 25.6 Å². The predicted octanol–water partition coefficient (Wildman–Crippen LogP) is 3.40. The number of hydrogen-bond acceptors (Lipinski definition) is 3. The van der Waals surface area contributed by atoms with Crippen LogP contribution in [0.15, 0.2) is 54.6 Å². The molecule has 0 fully saturated rings. The molecule has 2 aromatic carbocycles. The lowest BCUT2D eigenvalue weighted by Gasteiger charge is -2.16. The summed E-state index contributed by atoms with van der Waals surface area (Å²) in [7, 11) is 0. The molecule has 0 bridgehead atoms. The number of nitrogens with one attached hydrogen (secondary N) is 1. The number of ether oxygens (including phenoxy) is 1. The van der Waals surface area contributed by atoms with Gasteiger partial charge in [0, 0.05) is 0 Å². The maximum atomic E-state index is 12.5. The van der Waals surface area contributed by atoms with Gasteiger partial charge in [0.1, 0.15) is 5.75 Å². The number of hydrogen-bond donors (Lipinski definition) is 1. The van der Waals surface area contributed by atoms with E-state index in [9.17, 15) is 22.8 Å². The van der Waals surface area contributed by atoms with E-state index in [0.717, 1.165) is 29.8 Å². The van der Waals surface area contributed by atoms with Crippen LogP contribution < -0.4 is 10.1 Å². The highest BCUT2D eigenvalue weighted by Crippen LogP contribution is 2.30. The second-order valence-corrected chi connectivity index (χ2v) is 5.73. The molecule has 1 atom stereocenters. The summed E-state index contributed by atoms with van der Waals surface area (Å²) < 4.78 is 42.7. The van der Waals surface area contributed by atoms with Gasteiger partial charge in [-0.05, 0) is 43.2 Å². The van der Waals surface area contributed by atoms with Crippen molar-refractivity contribution in [1.82, 2.24) is 5.32 Å². The molecule has 0 radical (unpaired) electrons. The Kier molecular flexibility index (Phi) is 6.38. The minimum Gasteiger partial charge on any atom is -0.484 e. The number of halogens is 3. The van der Waals surface area contributed by atoms with E-state index in [1.807, 2.05) is 30.3 Å². The van der Waals surface area contributed by atoms with E-state index >= 15 is 0 Å². The number of Topliss-reactive ketones (excluding diaryl/α,β-unsaturated/α-hetero) is 1. The Balaban J connectivity index is 1.89. The summed E-state index contributed by atoms with van der Waals surface area (Å²) in [5.74, 6) is -0.589. The molecule has 2 aromatic rings. The van der Waals surface area contributed by atoms with Crippen molar-refractivity contribution >= 4 is 11.7 Å². The highest BCUT2D eigenvalue weighted by Gasteiger charge is 2.30. The molecule has 4 nitrogen and oxygen atoms in total. The van der Waals surface area contributed by atoms with Gasteiger partial charge in [-0.3, -0.25) is 9.59 Å². The summed E-state index contributed by atoms with van der Waals surface area (Å²) in [6, 6.07) is 12.6. The molecule has 0 saturated heterocycles. The first-order valence-corrected chi connectivity index (χ1v) is 7.89. The monoisotopic (exact) mass is 365 g/mol. The molecule has 0 saturated carbocycles. The normalized spacial score (nSPS) is 12.3. The number of rotatable bonds is 7. The van der Waals surface area contributed by atoms with Crippen LogP contribution in [0.2, 0.25) is 0 Å². The molecule has 0 unspecified atom stereocenters. The summed E-state index contributed by atoms with van der Waals surface area (Å²) in [5.41, 5.74) is 0.102. The third-order valence-corrected chi connectivity index (χ3v) is 3.66. The largest absolute Gasteiger partial charge is 0.484 e. The van der Waals surface area contributed by atoms with Crippen LogP contribution in [0.1, 0.15) is 18.1 Å². The van der Waals surface area contributed by atoms with Gasteiger partial charge < -0.3 is 10.1 Å². The van der Waals surface area contributed by atoms with Crippen molar-refractivity contribution in [3.63, 3.8) is 0 Å². The van der Waals surface area contributed by atoms with Gasteiger partial charge in [-0.25, -0.2) is 0 Å². The van der Waals surface area contributed by atoms with E-state index in [0.29, 0.717) is 6.42 Å². The van der Waals surface area contributed by atoms with Crippen LogP contribution >= 0.6 is 0 Å². The first-order chi connectivity index (χ1) is 12.3. The molecule has 0 aliphatic heterocycles. The number of carbonyl (C=O) groups is 2. The van der Waals surface area contributed by atoms with Gasteiger partial charge >= 0.3 is 6.18 Å².